The van der Waals surface area contributed by atoms with Crippen molar-refractivity contribution in [2.24, 2.45) is 17.6 Å². The van der Waals surface area contributed by atoms with Crippen molar-refractivity contribution in [2.75, 3.05) is 6.54 Å². The summed E-state index contributed by atoms with van der Waals surface area (Å²) in [6.45, 7) is 0.586. The van der Waals surface area contributed by atoms with Gasteiger partial charge in [-0.15, -0.1) is 0 Å². The number of carbonyl (C=O) groups is 3. The number of halogens is 1. The number of hydrogen-bond acceptors (Lipinski definition) is 4. The highest BCUT2D eigenvalue weighted by atomic mass is 19.1. The second-order valence-electron chi connectivity index (χ2n) is 8.01. The van der Waals surface area contributed by atoms with Gasteiger partial charge in [-0.05, 0) is 61.8 Å². The average Bonchev–Trinajstić information content (AvgIpc) is 3.19. The molecule has 3 unspecified atom stereocenters. The second-order valence-corrected chi connectivity index (χ2v) is 8.01. The second kappa shape index (κ2) is 6.71. The molecule has 6 nitrogen and oxygen atoms in total. The van der Waals surface area contributed by atoms with Crippen molar-refractivity contribution in [2.45, 2.75) is 49.6 Å². The molecule has 4 atom stereocenters. The Hall–Kier alpha value is -2.28. The summed E-state index contributed by atoms with van der Waals surface area (Å²) in [5.41, 5.74) is 4.96. The first-order chi connectivity index (χ1) is 12.9. The Morgan fingerprint density at radius 2 is 1.85 bits per heavy atom. The SMILES string of the molecule is NC(=O)C1([C@@H](C(=O)C(=O)NC2CC2)c2ccc(F)cc2)NCC2CCCC21. The third-order valence-electron chi connectivity index (χ3n) is 6.37. The molecule has 1 aromatic rings. The van der Waals surface area contributed by atoms with Gasteiger partial charge in [0.05, 0.1) is 5.92 Å². The van der Waals surface area contributed by atoms with Crippen molar-refractivity contribution >= 4 is 17.6 Å². The van der Waals surface area contributed by atoms with Crippen LogP contribution in [0.1, 0.15) is 43.6 Å². The molecule has 0 spiro atoms. The zero-order chi connectivity index (χ0) is 19.2. The van der Waals surface area contributed by atoms with Crippen LogP contribution in [0.4, 0.5) is 4.39 Å². The molecule has 0 bridgehead atoms. The van der Waals surface area contributed by atoms with Gasteiger partial charge in [0, 0.05) is 6.04 Å². The van der Waals surface area contributed by atoms with E-state index in [0.717, 1.165) is 32.1 Å². The lowest BCUT2D eigenvalue weighted by molar-refractivity contribution is -0.142. The Morgan fingerprint density at radius 3 is 2.48 bits per heavy atom. The van der Waals surface area contributed by atoms with Crippen LogP contribution in [0.15, 0.2) is 24.3 Å². The molecule has 0 aromatic heterocycles. The third kappa shape index (κ3) is 3.04. The van der Waals surface area contributed by atoms with Gasteiger partial charge in [0.1, 0.15) is 11.4 Å². The summed E-state index contributed by atoms with van der Waals surface area (Å²) >= 11 is 0. The molecule has 4 N–H and O–H groups in total. The number of primary amides is 1. The van der Waals surface area contributed by atoms with Crippen LogP contribution in [-0.2, 0) is 14.4 Å². The molecule has 144 valence electrons. The van der Waals surface area contributed by atoms with E-state index in [1.807, 2.05) is 0 Å². The van der Waals surface area contributed by atoms with Gasteiger partial charge in [-0.25, -0.2) is 4.39 Å². The summed E-state index contributed by atoms with van der Waals surface area (Å²) in [6.07, 6.45) is 4.40. The van der Waals surface area contributed by atoms with Crippen molar-refractivity contribution in [1.82, 2.24) is 10.6 Å². The molecule has 7 heteroatoms. The summed E-state index contributed by atoms with van der Waals surface area (Å²) in [5, 5.41) is 5.93. The van der Waals surface area contributed by atoms with Crippen molar-refractivity contribution in [3.63, 3.8) is 0 Å². The van der Waals surface area contributed by atoms with Crippen LogP contribution in [0, 0.1) is 17.7 Å². The molecule has 2 amide bonds. The Bertz CT molecular complexity index is 777. The highest BCUT2D eigenvalue weighted by Crippen LogP contribution is 2.49. The smallest absolute Gasteiger partial charge is 0.288 e. The van der Waals surface area contributed by atoms with Gasteiger partial charge in [0.25, 0.3) is 5.91 Å². The van der Waals surface area contributed by atoms with E-state index in [4.69, 9.17) is 5.73 Å². The van der Waals surface area contributed by atoms with Gasteiger partial charge in [-0.3, -0.25) is 14.4 Å². The summed E-state index contributed by atoms with van der Waals surface area (Å²) in [7, 11) is 0. The van der Waals surface area contributed by atoms with Crippen LogP contribution in [0.5, 0.6) is 0 Å². The quantitative estimate of drug-likeness (QED) is 0.648. The van der Waals surface area contributed by atoms with E-state index >= 15 is 0 Å². The summed E-state index contributed by atoms with van der Waals surface area (Å²) < 4.78 is 13.5. The Morgan fingerprint density at radius 1 is 1.15 bits per heavy atom. The number of rotatable bonds is 6. The number of amides is 2. The van der Waals surface area contributed by atoms with E-state index in [9.17, 15) is 18.8 Å². The fourth-order valence-electron chi connectivity index (χ4n) is 4.93. The van der Waals surface area contributed by atoms with Gasteiger partial charge in [0.15, 0.2) is 0 Å². The molecule has 0 radical (unpaired) electrons. The van der Waals surface area contributed by atoms with Crippen LogP contribution < -0.4 is 16.4 Å². The number of ketones is 1. The average molecular weight is 373 g/mol. The number of benzene rings is 1. The lowest BCUT2D eigenvalue weighted by atomic mass is 9.68. The van der Waals surface area contributed by atoms with E-state index in [1.165, 1.54) is 24.3 Å². The molecule has 3 fully saturated rings. The molecule has 2 saturated carbocycles. The predicted octanol–water partition coefficient (Wildman–Crippen LogP) is 1.00. The largest absolute Gasteiger partial charge is 0.368 e. The minimum Gasteiger partial charge on any atom is -0.368 e. The molecule has 1 aliphatic heterocycles. The van der Waals surface area contributed by atoms with Crippen molar-refractivity contribution in [3.8, 4) is 0 Å². The maximum Gasteiger partial charge on any atom is 0.288 e. The molecule has 2 aliphatic carbocycles. The molecule has 27 heavy (non-hydrogen) atoms. The Kier molecular flexibility index (Phi) is 4.50. The number of Topliss-reactive ketones (excluding diaryl/α,β-unsaturated/α-hetero) is 1. The first-order valence-corrected chi connectivity index (χ1v) is 9.58. The lowest BCUT2D eigenvalue weighted by Gasteiger charge is -2.38. The summed E-state index contributed by atoms with van der Waals surface area (Å²) in [6, 6.07) is 5.44. The molecule has 1 aromatic carbocycles. The number of fused-ring (bicyclic) bond motifs is 1. The van der Waals surface area contributed by atoms with Crippen molar-refractivity contribution in [3.05, 3.63) is 35.6 Å². The fraction of sp³-hybridized carbons (Fsp3) is 0.550. The zero-order valence-corrected chi connectivity index (χ0v) is 15.0. The van der Waals surface area contributed by atoms with E-state index in [2.05, 4.69) is 10.6 Å². The van der Waals surface area contributed by atoms with Crippen LogP contribution in [0.25, 0.3) is 0 Å². The first-order valence-electron chi connectivity index (χ1n) is 9.58. The minimum atomic E-state index is -1.32. The highest BCUT2D eigenvalue weighted by molar-refractivity contribution is 6.39. The molecular weight excluding hydrogens is 349 g/mol. The zero-order valence-electron chi connectivity index (χ0n) is 15.0. The highest BCUT2D eigenvalue weighted by Gasteiger charge is 2.61. The van der Waals surface area contributed by atoms with Crippen molar-refractivity contribution < 1.29 is 18.8 Å². The maximum atomic E-state index is 13.5. The number of hydrogen-bond donors (Lipinski definition) is 3. The first kappa shape index (κ1) is 18.1. The molecule has 1 heterocycles. The topological polar surface area (TPSA) is 101 Å². The fourth-order valence-corrected chi connectivity index (χ4v) is 4.93. The standard InChI is InChI=1S/C20H24FN3O3/c21-13-6-4-11(5-7-13)16(17(25)18(26)24-14-8-9-14)20(19(22)27)15-3-1-2-12(15)10-23-20/h4-7,12,14-16,23H,1-3,8-10H2,(H2,22,27)(H,24,26)/t12?,15?,16-,20?/m1/s1. The van der Waals surface area contributed by atoms with Crippen LogP contribution in [-0.4, -0.2) is 35.7 Å². The minimum absolute atomic E-state index is 0.0237. The number of nitrogens with one attached hydrogen (secondary N) is 2. The van der Waals surface area contributed by atoms with E-state index in [0.29, 0.717) is 12.1 Å². The summed E-state index contributed by atoms with van der Waals surface area (Å²) in [5.74, 6) is -3.38. The third-order valence-corrected chi connectivity index (χ3v) is 6.37. The summed E-state index contributed by atoms with van der Waals surface area (Å²) in [4.78, 5) is 38.5. The van der Waals surface area contributed by atoms with Gasteiger partial charge in [-0.1, -0.05) is 18.6 Å². The number of nitrogens with two attached hydrogens (primary N) is 1. The van der Waals surface area contributed by atoms with Gasteiger partial charge >= 0.3 is 0 Å². The molecule has 1 saturated heterocycles. The normalized spacial score (nSPS) is 30.6. The van der Waals surface area contributed by atoms with Gasteiger partial charge in [0.2, 0.25) is 11.7 Å². The van der Waals surface area contributed by atoms with Gasteiger partial charge < -0.3 is 16.4 Å². The van der Waals surface area contributed by atoms with Gasteiger partial charge in [-0.2, -0.15) is 0 Å². The van der Waals surface area contributed by atoms with Crippen LogP contribution >= 0.6 is 0 Å². The molecule has 4 rings (SSSR count). The lowest BCUT2D eigenvalue weighted by Crippen LogP contribution is -2.62. The van der Waals surface area contributed by atoms with E-state index in [-0.39, 0.29) is 17.9 Å². The maximum absolute atomic E-state index is 13.5. The monoisotopic (exact) mass is 373 g/mol. The van der Waals surface area contributed by atoms with Crippen LogP contribution in [0.3, 0.4) is 0 Å². The van der Waals surface area contributed by atoms with E-state index in [1.54, 1.807) is 0 Å². The number of carbonyl (C=O) groups excluding carboxylic acids is 3. The molecular formula is C20H24FN3O3. The van der Waals surface area contributed by atoms with Crippen molar-refractivity contribution in [1.29, 1.82) is 0 Å². The van der Waals surface area contributed by atoms with E-state index < -0.39 is 34.9 Å². The molecule has 3 aliphatic rings. The van der Waals surface area contributed by atoms with Crippen LogP contribution in [0.2, 0.25) is 0 Å². The Labute approximate surface area is 157 Å². The predicted molar refractivity (Wildman–Crippen MR) is 96.1 cm³/mol. The Balaban J connectivity index is 1.78.